The molecule has 2 aromatic heterocycles. The summed E-state index contributed by atoms with van der Waals surface area (Å²) in [5.74, 6) is -0.380. The van der Waals surface area contributed by atoms with Crippen molar-refractivity contribution in [1.82, 2.24) is 15.0 Å². The fraction of sp³-hybridized carbons (Fsp3) is 0.458. The molecule has 0 bridgehead atoms. The van der Waals surface area contributed by atoms with E-state index >= 15 is 0 Å². The third kappa shape index (κ3) is 5.70. The molecule has 1 fully saturated rings. The highest BCUT2D eigenvalue weighted by Gasteiger charge is 2.44. The number of rotatable bonds is 9. The third-order valence-corrected chi connectivity index (χ3v) is 7.65. The van der Waals surface area contributed by atoms with Gasteiger partial charge in [0.05, 0.1) is 0 Å². The third-order valence-electron chi connectivity index (χ3n) is 6.17. The molecule has 35 heavy (non-hydrogen) atoms. The van der Waals surface area contributed by atoms with E-state index in [-0.39, 0.29) is 29.6 Å². The summed E-state index contributed by atoms with van der Waals surface area (Å²) < 4.78 is 37.6. The largest absolute Gasteiger partial charge is 0.440 e. The summed E-state index contributed by atoms with van der Waals surface area (Å²) in [5.41, 5.74) is 1.45. The molecular formula is C24H28ClN3O6S. The van der Waals surface area contributed by atoms with Crippen LogP contribution in [0.15, 0.2) is 44.3 Å². The zero-order valence-electron chi connectivity index (χ0n) is 19.8. The second-order valence-electron chi connectivity index (χ2n) is 9.56. The Kier molecular flexibility index (Phi) is 6.97. The van der Waals surface area contributed by atoms with Crippen molar-refractivity contribution < 1.29 is 26.8 Å². The molecule has 0 spiro atoms. The van der Waals surface area contributed by atoms with Gasteiger partial charge >= 0.3 is 0 Å². The molecule has 2 amide bonds. The van der Waals surface area contributed by atoms with Crippen LogP contribution in [0.2, 0.25) is 5.02 Å². The number of carbonyl (C=O) groups excluding carboxylic acids is 2. The number of fused-ring (bicyclic) bond motifs is 1. The van der Waals surface area contributed by atoms with Gasteiger partial charge in [-0.25, -0.2) is 9.71 Å². The lowest BCUT2D eigenvalue weighted by Crippen LogP contribution is -2.41. The number of oxazole rings is 1. The van der Waals surface area contributed by atoms with Gasteiger partial charge in [-0.15, -0.1) is 0 Å². The van der Waals surface area contributed by atoms with Gasteiger partial charge in [0, 0.05) is 23.4 Å². The van der Waals surface area contributed by atoms with E-state index in [1.807, 2.05) is 17.7 Å². The second-order valence-corrected chi connectivity index (χ2v) is 11.6. The van der Waals surface area contributed by atoms with Gasteiger partial charge in [-0.1, -0.05) is 25.4 Å². The normalized spacial score (nSPS) is 20.9. The van der Waals surface area contributed by atoms with Gasteiger partial charge in [-0.2, -0.15) is 8.42 Å². The first kappa shape index (κ1) is 25.2. The van der Waals surface area contributed by atoms with E-state index in [0.29, 0.717) is 22.9 Å². The summed E-state index contributed by atoms with van der Waals surface area (Å²) in [4.78, 5) is 28.8. The number of hydrogen-bond donors (Lipinski definition) is 2. The Labute approximate surface area is 208 Å². The lowest BCUT2D eigenvalue weighted by atomic mass is 9.60. The van der Waals surface area contributed by atoms with Crippen LogP contribution in [0, 0.1) is 5.41 Å². The van der Waals surface area contributed by atoms with Crippen LogP contribution in [0.3, 0.4) is 0 Å². The van der Waals surface area contributed by atoms with Crippen LogP contribution in [0.25, 0.3) is 11.1 Å². The number of hydrogen-bond acceptors (Lipinski definition) is 7. The van der Waals surface area contributed by atoms with Crippen LogP contribution < -0.4 is 10.0 Å². The molecule has 0 aliphatic heterocycles. The summed E-state index contributed by atoms with van der Waals surface area (Å²) >= 11 is 6.03. The molecule has 0 radical (unpaired) electrons. The molecule has 9 nitrogen and oxygen atoms in total. The van der Waals surface area contributed by atoms with Crippen molar-refractivity contribution in [1.29, 1.82) is 0 Å². The summed E-state index contributed by atoms with van der Waals surface area (Å²) in [5, 5.41) is 3.00. The van der Waals surface area contributed by atoms with E-state index in [4.69, 9.17) is 20.4 Å². The van der Waals surface area contributed by atoms with E-state index in [1.54, 1.807) is 19.1 Å². The van der Waals surface area contributed by atoms with Crippen molar-refractivity contribution in [3.05, 3.63) is 47.0 Å². The van der Waals surface area contributed by atoms with Gasteiger partial charge in [0.2, 0.25) is 11.0 Å². The molecule has 4 rings (SSSR count). The molecule has 1 aromatic carbocycles. The van der Waals surface area contributed by atoms with Crippen LogP contribution >= 0.6 is 11.6 Å². The number of furan rings is 1. The molecule has 1 atom stereocenters. The van der Waals surface area contributed by atoms with Crippen molar-refractivity contribution in [3.8, 4) is 0 Å². The van der Waals surface area contributed by atoms with Crippen molar-refractivity contribution in [2.24, 2.45) is 5.41 Å². The smallest absolute Gasteiger partial charge is 0.297 e. The van der Waals surface area contributed by atoms with Crippen molar-refractivity contribution in [3.63, 3.8) is 0 Å². The van der Waals surface area contributed by atoms with Crippen molar-refractivity contribution >= 4 is 44.5 Å². The summed E-state index contributed by atoms with van der Waals surface area (Å²) in [6.07, 6.45) is 3.04. The first-order valence-electron chi connectivity index (χ1n) is 11.5. The van der Waals surface area contributed by atoms with E-state index in [2.05, 4.69) is 17.2 Å². The Hall–Kier alpha value is -2.85. The fourth-order valence-corrected chi connectivity index (χ4v) is 5.83. The SMILES string of the molecule is CCCC(=O)NS(=O)(=O)c1ccc(C(=O)N[C@@H](C)C[C@]2(C)C[C@@H](c3nc4cc(Cl)ccc4o3)C2)o1. The molecule has 1 aliphatic carbocycles. The lowest BCUT2D eigenvalue weighted by Gasteiger charge is -2.45. The zero-order valence-corrected chi connectivity index (χ0v) is 21.3. The molecule has 2 heterocycles. The average molecular weight is 522 g/mol. The van der Waals surface area contributed by atoms with E-state index < -0.39 is 26.9 Å². The number of carbonyl (C=O) groups is 2. The molecule has 3 aromatic rings. The molecule has 11 heteroatoms. The predicted molar refractivity (Wildman–Crippen MR) is 130 cm³/mol. The molecule has 2 N–H and O–H groups in total. The number of amides is 2. The fourth-order valence-electron chi connectivity index (χ4n) is 4.71. The van der Waals surface area contributed by atoms with Gasteiger partial charge < -0.3 is 14.2 Å². The van der Waals surface area contributed by atoms with Crippen LogP contribution in [0.5, 0.6) is 0 Å². The Morgan fingerprint density at radius 3 is 2.69 bits per heavy atom. The minimum atomic E-state index is -4.16. The van der Waals surface area contributed by atoms with E-state index in [0.717, 1.165) is 30.8 Å². The number of nitrogens with one attached hydrogen (secondary N) is 2. The van der Waals surface area contributed by atoms with Crippen molar-refractivity contribution in [2.75, 3.05) is 0 Å². The minimum Gasteiger partial charge on any atom is -0.440 e. The molecular weight excluding hydrogens is 494 g/mol. The number of halogens is 1. The molecule has 0 unspecified atom stereocenters. The summed E-state index contributed by atoms with van der Waals surface area (Å²) in [7, 11) is -4.16. The molecule has 0 saturated heterocycles. The number of benzene rings is 1. The number of sulfonamides is 1. The highest BCUT2D eigenvalue weighted by molar-refractivity contribution is 7.89. The molecule has 1 aliphatic rings. The van der Waals surface area contributed by atoms with Gasteiger partial charge in [0.15, 0.2) is 17.2 Å². The van der Waals surface area contributed by atoms with Crippen LogP contribution in [0.1, 0.15) is 75.2 Å². The topological polar surface area (TPSA) is 132 Å². The van der Waals surface area contributed by atoms with Crippen LogP contribution in [0.4, 0.5) is 0 Å². The van der Waals surface area contributed by atoms with E-state index in [9.17, 15) is 18.0 Å². The summed E-state index contributed by atoms with van der Waals surface area (Å²) in [6.45, 7) is 5.81. The maximum Gasteiger partial charge on any atom is 0.297 e. The van der Waals surface area contributed by atoms with Crippen molar-refractivity contribution in [2.45, 2.75) is 69.9 Å². The maximum atomic E-state index is 12.6. The summed E-state index contributed by atoms with van der Waals surface area (Å²) in [6, 6.07) is 7.63. The van der Waals surface area contributed by atoms with Gasteiger partial charge in [-0.3, -0.25) is 9.59 Å². The zero-order chi connectivity index (χ0) is 25.4. The highest BCUT2D eigenvalue weighted by atomic mass is 35.5. The Morgan fingerprint density at radius 1 is 1.23 bits per heavy atom. The first-order chi connectivity index (χ1) is 16.5. The standard InChI is InChI=1S/C24H28ClN3O6S/c1-4-5-20(29)28-35(31,32)21-9-8-19(33-21)22(30)26-14(2)11-24(3)12-15(13-24)23-27-17-10-16(25)6-7-18(17)34-23/h6-10,14-15H,4-5,11-13H2,1-3H3,(H,26,30)(H,28,29)/t14-,15-,24-/m0/s1. The number of aromatic nitrogens is 1. The average Bonchev–Trinajstić information content (AvgIpc) is 3.39. The van der Waals surface area contributed by atoms with Gasteiger partial charge in [0.25, 0.3) is 15.9 Å². The van der Waals surface area contributed by atoms with Gasteiger partial charge in [0.1, 0.15) is 5.52 Å². The Bertz CT molecular complexity index is 1360. The van der Waals surface area contributed by atoms with Gasteiger partial charge in [-0.05, 0) is 68.4 Å². The monoisotopic (exact) mass is 521 g/mol. The van der Waals surface area contributed by atoms with Crippen LogP contribution in [-0.2, 0) is 14.8 Å². The van der Waals surface area contributed by atoms with E-state index in [1.165, 1.54) is 6.07 Å². The molecule has 188 valence electrons. The molecule has 1 saturated carbocycles. The minimum absolute atomic E-state index is 0.00309. The Balaban J connectivity index is 1.31. The predicted octanol–water partition coefficient (Wildman–Crippen LogP) is 4.77. The first-order valence-corrected chi connectivity index (χ1v) is 13.4. The maximum absolute atomic E-state index is 12.6. The highest BCUT2D eigenvalue weighted by Crippen LogP contribution is 2.53. The quantitative estimate of drug-likeness (QED) is 0.414. The lowest BCUT2D eigenvalue weighted by molar-refractivity contribution is -0.119. The second kappa shape index (κ2) is 9.66. The van der Waals surface area contributed by atoms with Crippen LogP contribution in [-0.4, -0.2) is 31.3 Å². The number of nitrogens with zero attached hydrogens (tertiary/aromatic N) is 1. The Morgan fingerprint density at radius 2 is 1.97 bits per heavy atom.